The number of aryl methyl sites for hydroxylation is 1. The van der Waals surface area contributed by atoms with E-state index < -0.39 is 6.04 Å². The summed E-state index contributed by atoms with van der Waals surface area (Å²) in [4.78, 5) is 11.2. The van der Waals surface area contributed by atoms with Gasteiger partial charge in [-0.3, -0.25) is 4.79 Å². The number of carbonyl (C=O) groups excluding carboxylic acids is 1. The zero-order valence-corrected chi connectivity index (χ0v) is 9.00. The molecule has 1 aromatic carbocycles. The van der Waals surface area contributed by atoms with Gasteiger partial charge in [-0.15, -0.1) is 0 Å². The third-order valence-corrected chi connectivity index (χ3v) is 2.57. The monoisotopic (exact) mass is 191 g/mol. The zero-order valence-electron chi connectivity index (χ0n) is 9.00. The van der Waals surface area contributed by atoms with Crippen molar-refractivity contribution in [3.63, 3.8) is 0 Å². The van der Waals surface area contributed by atoms with E-state index in [1.165, 1.54) is 18.1 Å². The predicted molar refractivity (Wildman–Crippen MR) is 58.2 cm³/mol. The lowest BCUT2D eigenvalue weighted by atomic mass is 9.93. The Balaban J connectivity index is 3.20. The van der Waals surface area contributed by atoms with Gasteiger partial charge in [-0.2, -0.15) is 0 Å². The van der Waals surface area contributed by atoms with Crippen LogP contribution in [0.5, 0.6) is 0 Å². The molecule has 0 radical (unpaired) electrons. The molecular weight excluding hydrogens is 174 g/mol. The highest BCUT2D eigenvalue weighted by Gasteiger charge is 2.14. The van der Waals surface area contributed by atoms with Crippen LogP contribution in [-0.2, 0) is 11.2 Å². The van der Waals surface area contributed by atoms with Crippen LogP contribution in [-0.4, -0.2) is 5.78 Å². The van der Waals surface area contributed by atoms with E-state index in [2.05, 4.69) is 19.9 Å². The molecule has 1 atom stereocenters. The van der Waals surface area contributed by atoms with Gasteiger partial charge in [0.25, 0.3) is 0 Å². The lowest BCUT2D eigenvalue weighted by molar-refractivity contribution is -0.118. The van der Waals surface area contributed by atoms with Gasteiger partial charge in [0.1, 0.15) is 0 Å². The van der Waals surface area contributed by atoms with Gasteiger partial charge in [-0.25, -0.2) is 0 Å². The second-order valence-corrected chi connectivity index (χ2v) is 3.58. The summed E-state index contributed by atoms with van der Waals surface area (Å²) < 4.78 is 0. The average molecular weight is 191 g/mol. The summed E-state index contributed by atoms with van der Waals surface area (Å²) >= 11 is 0. The molecule has 2 heteroatoms. The minimum Gasteiger partial charge on any atom is -0.318 e. The van der Waals surface area contributed by atoms with Gasteiger partial charge in [0.15, 0.2) is 5.78 Å². The number of ketones is 1. The number of benzene rings is 1. The van der Waals surface area contributed by atoms with E-state index in [4.69, 9.17) is 5.73 Å². The van der Waals surface area contributed by atoms with Crippen molar-refractivity contribution in [3.8, 4) is 0 Å². The van der Waals surface area contributed by atoms with Crippen molar-refractivity contribution in [2.75, 3.05) is 0 Å². The van der Waals surface area contributed by atoms with Crippen LogP contribution in [0.4, 0.5) is 0 Å². The molecule has 0 aliphatic carbocycles. The van der Waals surface area contributed by atoms with E-state index >= 15 is 0 Å². The molecule has 76 valence electrons. The minimum absolute atomic E-state index is 0.0188. The third kappa shape index (κ3) is 2.02. The van der Waals surface area contributed by atoms with Crippen LogP contribution < -0.4 is 5.73 Å². The first-order chi connectivity index (χ1) is 6.57. The topological polar surface area (TPSA) is 43.1 Å². The van der Waals surface area contributed by atoms with Crippen molar-refractivity contribution >= 4 is 5.78 Å². The molecule has 2 N–H and O–H groups in total. The molecule has 2 nitrogen and oxygen atoms in total. The predicted octanol–water partition coefficient (Wildman–Crippen LogP) is 2.15. The zero-order chi connectivity index (χ0) is 10.7. The van der Waals surface area contributed by atoms with E-state index in [1.807, 2.05) is 12.1 Å². The van der Waals surface area contributed by atoms with Crippen molar-refractivity contribution in [3.05, 3.63) is 34.9 Å². The van der Waals surface area contributed by atoms with Crippen LogP contribution in [0, 0.1) is 6.92 Å². The Kier molecular flexibility index (Phi) is 3.42. The molecule has 0 amide bonds. The maximum atomic E-state index is 11.2. The van der Waals surface area contributed by atoms with Crippen molar-refractivity contribution in [1.29, 1.82) is 0 Å². The Labute approximate surface area is 85.1 Å². The van der Waals surface area contributed by atoms with Crippen LogP contribution in [0.15, 0.2) is 18.2 Å². The first-order valence-electron chi connectivity index (χ1n) is 4.92. The van der Waals surface area contributed by atoms with Gasteiger partial charge < -0.3 is 5.73 Å². The molecule has 1 rings (SSSR count). The Bertz CT molecular complexity index is 344. The highest BCUT2D eigenvalue weighted by Crippen LogP contribution is 2.20. The summed E-state index contributed by atoms with van der Waals surface area (Å²) in [5.74, 6) is 0.0188. The van der Waals surface area contributed by atoms with Gasteiger partial charge in [0, 0.05) is 0 Å². The number of Topliss-reactive ketones (excluding diaryl/α,β-unsaturated/α-hetero) is 1. The number of nitrogens with two attached hydrogens (primary N) is 1. The molecule has 0 bridgehead atoms. The second kappa shape index (κ2) is 4.38. The van der Waals surface area contributed by atoms with E-state index in [0.29, 0.717) is 0 Å². The second-order valence-electron chi connectivity index (χ2n) is 3.58. The smallest absolute Gasteiger partial charge is 0.150 e. The number of hydrogen-bond acceptors (Lipinski definition) is 2. The van der Waals surface area contributed by atoms with Gasteiger partial charge in [-0.05, 0) is 37.0 Å². The molecule has 0 aromatic heterocycles. The Morgan fingerprint density at radius 2 is 2.14 bits per heavy atom. The fraction of sp³-hybridized carbons (Fsp3) is 0.417. The van der Waals surface area contributed by atoms with Gasteiger partial charge in [0.2, 0.25) is 0 Å². The van der Waals surface area contributed by atoms with E-state index in [0.717, 1.165) is 12.0 Å². The summed E-state index contributed by atoms with van der Waals surface area (Å²) in [6.07, 6.45) is 0.920. The number of rotatable bonds is 3. The summed E-state index contributed by atoms with van der Waals surface area (Å²) in [6, 6.07) is 5.48. The fourth-order valence-electron chi connectivity index (χ4n) is 1.72. The van der Waals surface area contributed by atoms with Crippen LogP contribution in [0.2, 0.25) is 0 Å². The summed E-state index contributed by atoms with van der Waals surface area (Å²) in [5, 5.41) is 0. The van der Waals surface area contributed by atoms with Crippen LogP contribution >= 0.6 is 0 Å². The summed E-state index contributed by atoms with van der Waals surface area (Å²) in [6.45, 7) is 5.67. The third-order valence-electron chi connectivity index (χ3n) is 2.57. The normalized spacial score (nSPS) is 12.6. The van der Waals surface area contributed by atoms with E-state index in [9.17, 15) is 4.79 Å². The minimum atomic E-state index is -0.468. The maximum Gasteiger partial charge on any atom is 0.150 e. The molecule has 0 spiro atoms. The van der Waals surface area contributed by atoms with Crippen LogP contribution in [0.25, 0.3) is 0 Å². The van der Waals surface area contributed by atoms with Gasteiger partial charge in [-0.1, -0.05) is 25.1 Å². The molecule has 0 saturated carbocycles. The summed E-state index contributed by atoms with van der Waals surface area (Å²) in [5.41, 5.74) is 9.22. The van der Waals surface area contributed by atoms with Gasteiger partial charge in [0.05, 0.1) is 6.04 Å². The Morgan fingerprint density at radius 3 is 2.64 bits per heavy atom. The molecule has 14 heavy (non-hydrogen) atoms. The molecule has 0 fully saturated rings. The van der Waals surface area contributed by atoms with Crippen LogP contribution in [0.1, 0.15) is 36.6 Å². The Morgan fingerprint density at radius 1 is 1.50 bits per heavy atom. The van der Waals surface area contributed by atoms with Crippen molar-refractivity contribution in [2.45, 2.75) is 33.2 Å². The van der Waals surface area contributed by atoms with Crippen molar-refractivity contribution in [2.24, 2.45) is 5.73 Å². The Hall–Kier alpha value is -1.15. The van der Waals surface area contributed by atoms with Crippen LogP contribution in [0.3, 0.4) is 0 Å². The molecular formula is C12H17NO. The lowest BCUT2D eigenvalue weighted by Gasteiger charge is -2.15. The molecule has 0 heterocycles. The highest BCUT2D eigenvalue weighted by atomic mass is 16.1. The quantitative estimate of drug-likeness (QED) is 0.795. The number of hydrogen-bond donors (Lipinski definition) is 1. The molecule has 0 aliphatic rings. The molecule has 0 saturated heterocycles. The molecule has 1 unspecified atom stereocenters. The molecule has 0 aliphatic heterocycles. The average Bonchev–Trinajstić information content (AvgIpc) is 2.16. The summed E-state index contributed by atoms with van der Waals surface area (Å²) in [7, 11) is 0. The standard InChI is InChI=1S/C12H17NO/c1-4-10-8(2)6-5-7-11(10)12(13)9(3)14/h5-7,12H,4,13H2,1-3H3. The SMILES string of the molecule is CCc1c(C)cccc1C(N)C(C)=O. The number of carbonyl (C=O) groups is 1. The highest BCUT2D eigenvalue weighted by molar-refractivity contribution is 5.83. The fourth-order valence-corrected chi connectivity index (χ4v) is 1.72. The first-order valence-corrected chi connectivity index (χ1v) is 4.92. The lowest BCUT2D eigenvalue weighted by Crippen LogP contribution is -2.20. The van der Waals surface area contributed by atoms with Crippen molar-refractivity contribution < 1.29 is 4.79 Å². The van der Waals surface area contributed by atoms with Gasteiger partial charge >= 0.3 is 0 Å². The van der Waals surface area contributed by atoms with E-state index in [-0.39, 0.29) is 5.78 Å². The molecule has 1 aromatic rings. The maximum absolute atomic E-state index is 11.2. The first kappa shape index (κ1) is 10.9. The van der Waals surface area contributed by atoms with E-state index in [1.54, 1.807) is 0 Å². The van der Waals surface area contributed by atoms with Crippen molar-refractivity contribution in [1.82, 2.24) is 0 Å². The largest absolute Gasteiger partial charge is 0.318 e.